The van der Waals surface area contributed by atoms with E-state index in [-0.39, 0.29) is 0 Å². The Morgan fingerprint density at radius 3 is 2.80 bits per heavy atom. The summed E-state index contributed by atoms with van der Waals surface area (Å²) in [5, 5.41) is 1.39. The first-order valence-electron chi connectivity index (χ1n) is 5.51. The van der Waals surface area contributed by atoms with Gasteiger partial charge in [0.2, 0.25) is 0 Å². The Bertz CT molecular complexity index is 469. The highest BCUT2D eigenvalue weighted by Gasteiger charge is 2.09. The van der Waals surface area contributed by atoms with Crippen LogP contribution >= 0.6 is 0 Å². The summed E-state index contributed by atoms with van der Waals surface area (Å²) in [5.74, 6) is 0. The quantitative estimate of drug-likeness (QED) is 0.789. The predicted octanol–water partition coefficient (Wildman–Crippen LogP) is 2.68. The number of benzene rings is 1. The van der Waals surface area contributed by atoms with E-state index >= 15 is 0 Å². The zero-order chi connectivity index (χ0) is 10.8. The monoisotopic (exact) mass is 202 g/mol. The molecule has 0 unspecified atom stereocenters. The van der Waals surface area contributed by atoms with Crippen LogP contribution in [0.25, 0.3) is 10.9 Å². The molecule has 0 bridgehead atoms. The first-order chi connectivity index (χ1) is 7.24. The number of aromatic nitrogens is 1. The molecule has 80 valence electrons. The molecule has 0 fully saturated rings. The van der Waals surface area contributed by atoms with Crippen molar-refractivity contribution in [3.05, 3.63) is 35.0 Å². The van der Waals surface area contributed by atoms with E-state index < -0.39 is 0 Å². The van der Waals surface area contributed by atoms with Gasteiger partial charge in [-0.15, -0.1) is 0 Å². The Morgan fingerprint density at radius 2 is 2.07 bits per heavy atom. The SMILES string of the molecule is Cc1[nH]c2cccc(C)c2c1CCCN. The highest BCUT2D eigenvalue weighted by atomic mass is 14.7. The van der Waals surface area contributed by atoms with Gasteiger partial charge in [-0.05, 0) is 50.4 Å². The summed E-state index contributed by atoms with van der Waals surface area (Å²) in [4.78, 5) is 3.44. The van der Waals surface area contributed by atoms with Crippen molar-refractivity contribution < 1.29 is 0 Å². The van der Waals surface area contributed by atoms with Gasteiger partial charge in [0.25, 0.3) is 0 Å². The summed E-state index contributed by atoms with van der Waals surface area (Å²) in [6, 6.07) is 6.41. The van der Waals surface area contributed by atoms with Gasteiger partial charge in [-0.25, -0.2) is 0 Å². The first kappa shape index (κ1) is 10.2. The van der Waals surface area contributed by atoms with Gasteiger partial charge in [-0.2, -0.15) is 0 Å². The molecule has 0 aliphatic rings. The van der Waals surface area contributed by atoms with E-state index in [1.165, 1.54) is 27.7 Å². The van der Waals surface area contributed by atoms with E-state index in [0.717, 1.165) is 19.4 Å². The lowest BCUT2D eigenvalue weighted by Gasteiger charge is -2.02. The number of nitrogens with one attached hydrogen (secondary N) is 1. The zero-order valence-corrected chi connectivity index (χ0v) is 9.43. The van der Waals surface area contributed by atoms with E-state index in [2.05, 4.69) is 37.0 Å². The van der Waals surface area contributed by atoms with Gasteiger partial charge in [-0.1, -0.05) is 12.1 Å². The molecule has 0 amide bonds. The largest absolute Gasteiger partial charge is 0.358 e. The maximum atomic E-state index is 5.57. The molecule has 2 rings (SSSR count). The highest BCUT2D eigenvalue weighted by molar-refractivity contribution is 5.87. The Labute approximate surface area is 90.5 Å². The molecule has 3 N–H and O–H groups in total. The minimum absolute atomic E-state index is 0.762. The van der Waals surface area contributed by atoms with Gasteiger partial charge in [0.05, 0.1) is 0 Å². The summed E-state index contributed by atoms with van der Waals surface area (Å²) in [5.41, 5.74) is 10.9. The average Bonchev–Trinajstić information content (AvgIpc) is 2.53. The van der Waals surface area contributed by atoms with Crippen LogP contribution in [0.4, 0.5) is 0 Å². The summed E-state index contributed by atoms with van der Waals surface area (Å²) in [6.45, 7) is 5.07. The number of aromatic amines is 1. The van der Waals surface area contributed by atoms with Crippen LogP contribution in [-0.2, 0) is 6.42 Å². The third-order valence-electron chi connectivity index (χ3n) is 2.98. The van der Waals surface area contributed by atoms with E-state index in [4.69, 9.17) is 5.73 Å². The number of H-pyrrole nitrogens is 1. The molecule has 15 heavy (non-hydrogen) atoms. The fraction of sp³-hybridized carbons (Fsp3) is 0.385. The minimum atomic E-state index is 0.762. The first-order valence-corrected chi connectivity index (χ1v) is 5.51. The molecular weight excluding hydrogens is 184 g/mol. The van der Waals surface area contributed by atoms with Crippen LogP contribution in [0.1, 0.15) is 23.2 Å². The lowest BCUT2D eigenvalue weighted by atomic mass is 10.0. The lowest BCUT2D eigenvalue weighted by Crippen LogP contribution is -2.00. The van der Waals surface area contributed by atoms with E-state index in [1.54, 1.807) is 0 Å². The molecule has 0 saturated carbocycles. The minimum Gasteiger partial charge on any atom is -0.358 e. The smallest absolute Gasteiger partial charge is 0.0461 e. The molecule has 1 aromatic carbocycles. The van der Waals surface area contributed by atoms with E-state index in [9.17, 15) is 0 Å². The zero-order valence-electron chi connectivity index (χ0n) is 9.43. The summed E-state index contributed by atoms with van der Waals surface area (Å²) >= 11 is 0. The molecule has 2 nitrogen and oxygen atoms in total. The second-order valence-corrected chi connectivity index (χ2v) is 4.12. The van der Waals surface area contributed by atoms with E-state index in [0.29, 0.717) is 0 Å². The molecule has 2 heteroatoms. The Balaban J connectivity index is 2.55. The molecule has 2 aromatic rings. The molecular formula is C13H18N2. The van der Waals surface area contributed by atoms with Crippen LogP contribution < -0.4 is 5.73 Å². The van der Waals surface area contributed by atoms with Crippen molar-refractivity contribution in [2.45, 2.75) is 26.7 Å². The van der Waals surface area contributed by atoms with Crippen LogP contribution in [0.15, 0.2) is 18.2 Å². The fourth-order valence-electron chi connectivity index (χ4n) is 2.23. The molecule has 0 spiro atoms. The molecule has 0 saturated heterocycles. The van der Waals surface area contributed by atoms with Gasteiger partial charge < -0.3 is 10.7 Å². The van der Waals surface area contributed by atoms with Gasteiger partial charge >= 0.3 is 0 Å². The average molecular weight is 202 g/mol. The van der Waals surface area contributed by atoms with Crippen molar-refractivity contribution in [3.8, 4) is 0 Å². The Kier molecular flexibility index (Phi) is 2.78. The standard InChI is InChI=1S/C13H18N2/c1-9-5-3-7-12-13(9)11(6-4-8-14)10(2)15-12/h3,5,7,15H,4,6,8,14H2,1-2H3. The summed E-state index contributed by atoms with van der Waals surface area (Å²) in [6.07, 6.45) is 2.13. The normalized spacial score (nSPS) is 11.1. The topological polar surface area (TPSA) is 41.8 Å². The third kappa shape index (κ3) is 1.77. The third-order valence-corrected chi connectivity index (χ3v) is 2.98. The molecule has 0 radical (unpaired) electrons. The number of nitrogens with two attached hydrogens (primary N) is 1. The van der Waals surface area contributed by atoms with Crippen molar-refractivity contribution in [2.24, 2.45) is 5.73 Å². The maximum absolute atomic E-state index is 5.57. The van der Waals surface area contributed by atoms with Crippen molar-refractivity contribution in [1.82, 2.24) is 4.98 Å². The fourth-order valence-corrected chi connectivity index (χ4v) is 2.23. The Morgan fingerprint density at radius 1 is 1.27 bits per heavy atom. The van der Waals surface area contributed by atoms with Crippen LogP contribution in [0.2, 0.25) is 0 Å². The van der Waals surface area contributed by atoms with Gasteiger partial charge in [0, 0.05) is 16.6 Å². The second-order valence-electron chi connectivity index (χ2n) is 4.12. The van der Waals surface area contributed by atoms with Gasteiger partial charge in [0.15, 0.2) is 0 Å². The van der Waals surface area contributed by atoms with Gasteiger partial charge in [0.1, 0.15) is 0 Å². The van der Waals surface area contributed by atoms with Crippen LogP contribution in [0, 0.1) is 13.8 Å². The number of aryl methyl sites for hydroxylation is 3. The van der Waals surface area contributed by atoms with Crippen molar-refractivity contribution in [2.75, 3.05) is 6.54 Å². The van der Waals surface area contributed by atoms with Crippen molar-refractivity contribution in [1.29, 1.82) is 0 Å². The lowest BCUT2D eigenvalue weighted by molar-refractivity contribution is 0.831. The number of rotatable bonds is 3. The summed E-state index contributed by atoms with van der Waals surface area (Å²) in [7, 11) is 0. The Hall–Kier alpha value is -1.28. The number of hydrogen-bond donors (Lipinski definition) is 2. The number of fused-ring (bicyclic) bond motifs is 1. The summed E-state index contributed by atoms with van der Waals surface area (Å²) < 4.78 is 0. The van der Waals surface area contributed by atoms with Crippen molar-refractivity contribution in [3.63, 3.8) is 0 Å². The van der Waals surface area contributed by atoms with Crippen LogP contribution in [0.5, 0.6) is 0 Å². The predicted molar refractivity (Wildman–Crippen MR) is 65.1 cm³/mol. The molecule has 0 atom stereocenters. The van der Waals surface area contributed by atoms with Gasteiger partial charge in [-0.3, -0.25) is 0 Å². The molecule has 0 aliphatic heterocycles. The molecule has 1 aromatic heterocycles. The highest BCUT2D eigenvalue weighted by Crippen LogP contribution is 2.26. The van der Waals surface area contributed by atoms with Crippen molar-refractivity contribution >= 4 is 10.9 Å². The van der Waals surface area contributed by atoms with Crippen LogP contribution in [-0.4, -0.2) is 11.5 Å². The maximum Gasteiger partial charge on any atom is 0.0461 e. The number of hydrogen-bond acceptors (Lipinski definition) is 1. The van der Waals surface area contributed by atoms with E-state index in [1.807, 2.05) is 0 Å². The van der Waals surface area contributed by atoms with Crippen LogP contribution in [0.3, 0.4) is 0 Å². The second kappa shape index (κ2) is 4.07. The molecule has 0 aliphatic carbocycles. The molecule has 1 heterocycles.